The van der Waals surface area contributed by atoms with Crippen molar-refractivity contribution in [2.45, 2.75) is 56.8 Å². The molecule has 30 heavy (non-hydrogen) atoms. The first-order chi connectivity index (χ1) is 14.7. The first-order valence-electron chi connectivity index (χ1n) is 11.4. The van der Waals surface area contributed by atoms with Gasteiger partial charge in [0.05, 0.1) is 5.52 Å². The normalized spacial score (nSPS) is 31.6. The van der Waals surface area contributed by atoms with E-state index in [1.54, 1.807) is 0 Å². The minimum absolute atomic E-state index is 0.193. The Labute approximate surface area is 176 Å². The van der Waals surface area contributed by atoms with Crippen molar-refractivity contribution in [2.24, 2.45) is 5.92 Å². The minimum atomic E-state index is -0.318. The number of pyridine rings is 1. The minimum Gasteiger partial charge on any atom is -0.326 e. The quantitative estimate of drug-likeness (QED) is 0.771. The maximum absolute atomic E-state index is 13.5. The summed E-state index contributed by atoms with van der Waals surface area (Å²) in [5.41, 5.74) is 2.21. The molecule has 3 aliphatic heterocycles. The zero-order valence-corrected chi connectivity index (χ0v) is 17.2. The highest BCUT2D eigenvalue weighted by Crippen LogP contribution is 2.43. The van der Waals surface area contributed by atoms with Gasteiger partial charge < -0.3 is 9.80 Å². The Morgan fingerprint density at radius 1 is 1.00 bits per heavy atom. The van der Waals surface area contributed by atoms with Crippen molar-refractivity contribution in [1.82, 2.24) is 19.7 Å². The van der Waals surface area contributed by atoms with Crippen LogP contribution in [0.2, 0.25) is 0 Å². The summed E-state index contributed by atoms with van der Waals surface area (Å²) >= 11 is 0. The first-order valence-corrected chi connectivity index (χ1v) is 11.4. The van der Waals surface area contributed by atoms with Crippen molar-refractivity contribution in [1.29, 1.82) is 0 Å². The Morgan fingerprint density at radius 2 is 1.90 bits per heavy atom. The lowest BCUT2D eigenvalue weighted by Gasteiger charge is -2.49. The third kappa shape index (κ3) is 2.84. The molecular weight excluding hydrogens is 376 g/mol. The van der Waals surface area contributed by atoms with Crippen LogP contribution in [0.5, 0.6) is 0 Å². The van der Waals surface area contributed by atoms with Gasteiger partial charge >= 0.3 is 0 Å². The molecule has 4 heterocycles. The number of amides is 2. The van der Waals surface area contributed by atoms with Crippen LogP contribution < -0.4 is 0 Å². The topological polar surface area (TPSA) is 56.8 Å². The lowest BCUT2D eigenvalue weighted by Crippen LogP contribution is -2.69. The summed E-state index contributed by atoms with van der Waals surface area (Å²) in [5, 5.41) is 1.14. The third-order valence-corrected chi connectivity index (χ3v) is 7.74. The van der Waals surface area contributed by atoms with E-state index < -0.39 is 0 Å². The van der Waals surface area contributed by atoms with Gasteiger partial charge in [0.25, 0.3) is 0 Å². The van der Waals surface area contributed by atoms with Crippen molar-refractivity contribution in [3.63, 3.8) is 0 Å². The van der Waals surface area contributed by atoms with Crippen LogP contribution in [-0.4, -0.2) is 69.3 Å². The second-order valence-electron chi connectivity index (χ2n) is 9.42. The Bertz CT molecular complexity index is 1010. The van der Waals surface area contributed by atoms with Gasteiger partial charge in [0.1, 0.15) is 12.1 Å². The van der Waals surface area contributed by atoms with Crippen LogP contribution in [0, 0.1) is 5.92 Å². The highest BCUT2D eigenvalue weighted by atomic mass is 16.2. The Hall–Kier alpha value is -2.47. The van der Waals surface area contributed by atoms with Crippen LogP contribution in [0.25, 0.3) is 10.9 Å². The predicted molar refractivity (Wildman–Crippen MR) is 114 cm³/mol. The molecule has 3 saturated heterocycles. The van der Waals surface area contributed by atoms with Gasteiger partial charge in [0, 0.05) is 43.8 Å². The van der Waals surface area contributed by atoms with Crippen molar-refractivity contribution >= 4 is 22.7 Å². The molecule has 4 atom stereocenters. The van der Waals surface area contributed by atoms with Crippen LogP contribution in [0.1, 0.15) is 37.7 Å². The van der Waals surface area contributed by atoms with E-state index >= 15 is 0 Å². The molecule has 1 saturated carbocycles. The molecule has 1 aliphatic carbocycles. The molecule has 0 bridgehead atoms. The van der Waals surface area contributed by atoms with Crippen molar-refractivity contribution in [3.05, 3.63) is 42.1 Å². The molecule has 0 spiro atoms. The molecule has 2 aromatic rings. The average Bonchev–Trinajstić information content (AvgIpc) is 3.17. The molecule has 6 nitrogen and oxygen atoms in total. The summed E-state index contributed by atoms with van der Waals surface area (Å²) in [5.74, 6) is 0.918. The van der Waals surface area contributed by atoms with E-state index in [9.17, 15) is 9.59 Å². The van der Waals surface area contributed by atoms with Crippen molar-refractivity contribution < 1.29 is 9.59 Å². The van der Waals surface area contributed by atoms with Crippen LogP contribution in [0.15, 0.2) is 36.5 Å². The molecule has 1 aromatic heterocycles. The SMILES string of the molecule is O=C1C2CC3CCCCC3N2C(=O)C2CN(Cc3ccc4cccnc4c3)CCN12. The number of rotatable bonds is 2. The number of piperazine rings is 2. The Balaban J connectivity index is 1.21. The second kappa shape index (κ2) is 7.05. The van der Waals surface area contributed by atoms with Crippen LogP contribution in [0.3, 0.4) is 0 Å². The van der Waals surface area contributed by atoms with Crippen LogP contribution >= 0.6 is 0 Å². The highest BCUT2D eigenvalue weighted by Gasteiger charge is 2.55. The van der Waals surface area contributed by atoms with Gasteiger partial charge in [0.2, 0.25) is 11.8 Å². The summed E-state index contributed by atoms with van der Waals surface area (Å²) in [6.45, 7) is 2.88. The molecule has 4 aliphatic rings. The van der Waals surface area contributed by atoms with E-state index in [0.29, 0.717) is 25.0 Å². The van der Waals surface area contributed by atoms with Gasteiger partial charge in [-0.1, -0.05) is 31.0 Å². The molecule has 4 fully saturated rings. The molecule has 4 unspecified atom stereocenters. The molecule has 156 valence electrons. The standard InChI is InChI=1S/C24H28N4O2/c29-23-21-13-18-4-1-2-6-20(18)28(21)24(30)22-15-26(10-11-27(22)23)14-16-7-8-17-5-3-9-25-19(17)12-16/h3,5,7-9,12,18,20-22H,1-2,4,6,10-11,13-15H2. The number of hydrogen-bond acceptors (Lipinski definition) is 4. The number of aromatic nitrogens is 1. The van der Waals surface area contributed by atoms with Crippen LogP contribution in [0.4, 0.5) is 0 Å². The fourth-order valence-electron chi connectivity index (χ4n) is 6.29. The molecule has 0 N–H and O–H groups in total. The third-order valence-electron chi connectivity index (χ3n) is 7.74. The number of fused-ring (bicyclic) bond motifs is 5. The predicted octanol–water partition coefficient (Wildman–Crippen LogP) is 2.42. The lowest BCUT2D eigenvalue weighted by atomic mass is 9.85. The van der Waals surface area contributed by atoms with Crippen LogP contribution in [-0.2, 0) is 16.1 Å². The van der Waals surface area contributed by atoms with Crippen molar-refractivity contribution in [3.8, 4) is 0 Å². The van der Waals surface area contributed by atoms with Gasteiger partial charge in [-0.3, -0.25) is 19.5 Å². The number of carbonyl (C=O) groups is 2. The Morgan fingerprint density at radius 3 is 2.83 bits per heavy atom. The summed E-state index contributed by atoms with van der Waals surface area (Å²) < 4.78 is 0. The molecular formula is C24H28N4O2. The summed E-state index contributed by atoms with van der Waals surface area (Å²) in [6.07, 6.45) is 7.37. The molecule has 0 radical (unpaired) electrons. The van der Waals surface area contributed by atoms with Gasteiger partial charge in [-0.2, -0.15) is 0 Å². The smallest absolute Gasteiger partial charge is 0.247 e. The zero-order valence-electron chi connectivity index (χ0n) is 17.2. The lowest BCUT2D eigenvalue weighted by molar-refractivity contribution is -0.165. The van der Waals surface area contributed by atoms with Gasteiger partial charge in [0.15, 0.2) is 0 Å². The number of carbonyl (C=O) groups excluding carboxylic acids is 2. The molecule has 2 amide bonds. The average molecular weight is 405 g/mol. The van der Waals surface area contributed by atoms with E-state index in [4.69, 9.17) is 0 Å². The zero-order chi connectivity index (χ0) is 20.2. The largest absolute Gasteiger partial charge is 0.326 e. The number of nitrogens with zero attached hydrogens (tertiary/aromatic N) is 4. The molecule has 6 rings (SSSR count). The van der Waals surface area contributed by atoms with E-state index in [1.165, 1.54) is 24.8 Å². The van der Waals surface area contributed by atoms with Gasteiger partial charge in [-0.05, 0) is 42.9 Å². The maximum atomic E-state index is 13.5. The fraction of sp³-hybridized carbons (Fsp3) is 0.542. The Kier molecular flexibility index (Phi) is 4.30. The van der Waals surface area contributed by atoms with E-state index in [-0.39, 0.29) is 23.9 Å². The highest BCUT2D eigenvalue weighted by molar-refractivity contribution is 5.98. The fourth-order valence-corrected chi connectivity index (χ4v) is 6.29. The summed E-state index contributed by atoms with van der Waals surface area (Å²) in [4.78, 5) is 37.4. The van der Waals surface area contributed by atoms with E-state index in [0.717, 1.165) is 36.8 Å². The second-order valence-corrected chi connectivity index (χ2v) is 9.42. The van der Waals surface area contributed by atoms with Gasteiger partial charge in [-0.15, -0.1) is 0 Å². The maximum Gasteiger partial charge on any atom is 0.247 e. The van der Waals surface area contributed by atoms with E-state index in [1.807, 2.05) is 22.1 Å². The first kappa shape index (κ1) is 18.3. The van der Waals surface area contributed by atoms with E-state index in [2.05, 4.69) is 34.1 Å². The summed E-state index contributed by atoms with van der Waals surface area (Å²) in [6, 6.07) is 10.2. The number of benzene rings is 1. The monoisotopic (exact) mass is 404 g/mol. The van der Waals surface area contributed by atoms with Crippen molar-refractivity contribution in [2.75, 3.05) is 19.6 Å². The number of hydrogen-bond donors (Lipinski definition) is 0. The molecule has 1 aromatic carbocycles. The summed E-state index contributed by atoms with van der Waals surface area (Å²) in [7, 11) is 0. The molecule has 6 heteroatoms. The van der Waals surface area contributed by atoms with Gasteiger partial charge in [-0.25, -0.2) is 0 Å².